The second-order valence-electron chi connectivity index (χ2n) is 12.6. The Morgan fingerprint density at radius 2 is 1.09 bits per heavy atom. The molecule has 47 heavy (non-hydrogen) atoms. The van der Waals surface area contributed by atoms with E-state index in [9.17, 15) is 5.26 Å². The summed E-state index contributed by atoms with van der Waals surface area (Å²) >= 11 is 0. The van der Waals surface area contributed by atoms with Gasteiger partial charge < -0.3 is 8.83 Å². The monoisotopic (exact) mass is 605 g/mol. The van der Waals surface area contributed by atoms with Crippen molar-refractivity contribution in [3.63, 3.8) is 0 Å². The van der Waals surface area contributed by atoms with Gasteiger partial charge in [-0.25, -0.2) is 9.97 Å². The Labute approximate surface area is 271 Å². The van der Waals surface area contributed by atoms with Gasteiger partial charge in [0.15, 0.2) is 11.2 Å². The fourth-order valence-corrected chi connectivity index (χ4v) is 6.96. The average molecular weight is 606 g/mol. The van der Waals surface area contributed by atoms with Crippen molar-refractivity contribution in [3.8, 4) is 62.4 Å². The first-order valence-corrected chi connectivity index (χ1v) is 15.6. The number of fused-ring (bicyclic) bond motifs is 5. The Kier molecular flexibility index (Phi) is 5.84. The van der Waals surface area contributed by atoms with Gasteiger partial charge in [-0.2, -0.15) is 5.26 Å². The molecule has 222 valence electrons. The Bertz CT molecular complexity index is 2420. The average Bonchev–Trinajstić information content (AvgIpc) is 3.81. The molecule has 9 rings (SSSR count). The standard InChI is InChI=1S/C42H27N3O2/c1-42(2)34-10-4-3-9-31(34)32-18-17-26(23-35(32)42)33-22-25(15-16-27(33)24-43)28-19-29(40-44-36-11-5-7-13-38(36)46-40)21-30(20-28)41-45-37-12-6-8-14-39(37)47-41/h3-23H,1-2H3. The lowest BCUT2D eigenvalue weighted by molar-refractivity contribution is 0.617. The number of rotatable bonds is 4. The summed E-state index contributed by atoms with van der Waals surface area (Å²) in [4.78, 5) is 9.58. The Hall–Kier alpha value is -6.25. The third-order valence-electron chi connectivity index (χ3n) is 9.38. The lowest BCUT2D eigenvalue weighted by atomic mass is 9.81. The summed E-state index contributed by atoms with van der Waals surface area (Å²) < 4.78 is 12.4. The van der Waals surface area contributed by atoms with Crippen LogP contribution in [0.3, 0.4) is 0 Å². The van der Waals surface area contributed by atoms with Crippen LogP contribution in [-0.4, -0.2) is 9.97 Å². The van der Waals surface area contributed by atoms with Gasteiger partial charge in [0.1, 0.15) is 11.0 Å². The van der Waals surface area contributed by atoms with Gasteiger partial charge in [0.2, 0.25) is 11.8 Å². The van der Waals surface area contributed by atoms with Crippen LogP contribution >= 0.6 is 0 Å². The van der Waals surface area contributed by atoms with Crippen molar-refractivity contribution in [2.45, 2.75) is 19.3 Å². The van der Waals surface area contributed by atoms with Crippen molar-refractivity contribution in [1.29, 1.82) is 5.26 Å². The van der Waals surface area contributed by atoms with Crippen LogP contribution < -0.4 is 0 Å². The molecule has 2 aromatic heterocycles. The van der Waals surface area contributed by atoms with E-state index in [0.717, 1.165) is 55.6 Å². The second-order valence-corrected chi connectivity index (χ2v) is 12.6. The molecule has 0 bridgehead atoms. The smallest absolute Gasteiger partial charge is 0.227 e. The zero-order valence-electron chi connectivity index (χ0n) is 25.8. The SMILES string of the molecule is CC1(C)c2ccccc2-c2ccc(-c3cc(-c4cc(-c5nc6ccccc6o5)cc(-c5nc6ccccc6o5)c4)ccc3C#N)cc21. The molecule has 6 aromatic carbocycles. The van der Waals surface area contributed by atoms with Crippen LogP contribution in [0.2, 0.25) is 0 Å². The van der Waals surface area contributed by atoms with Gasteiger partial charge in [0, 0.05) is 22.1 Å². The maximum Gasteiger partial charge on any atom is 0.227 e. The number of aromatic nitrogens is 2. The summed E-state index contributed by atoms with van der Waals surface area (Å²) in [5, 5.41) is 10.2. The summed E-state index contributed by atoms with van der Waals surface area (Å²) in [6.07, 6.45) is 0. The third kappa shape index (κ3) is 4.30. The molecule has 0 aliphatic heterocycles. The summed E-state index contributed by atoms with van der Waals surface area (Å²) in [6, 6.07) is 45.3. The van der Waals surface area contributed by atoms with Crippen molar-refractivity contribution in [2.75, 3.05) is 0 Å². The van der Waals surface area contributed by atoms with Gasteiger partial charge >= 0.3 is 0 Å². The highest BCUT2D eigenvalue weighted by Crippen LogP contribution is 2.50. The van der Waals surface area contributed by atoms with Crippen molar-refractivity contribution in [2.24, 2.45) is 0 Å². The molecule has 2 heterocycles. The lowest BCUT2D eigenvalue weighted by Gasteiger charge is -2.22. The maximum atomic E-state index is 10.2. The summed E-state index contributed by atoms with van der Waals surface area (Å²) in [7, 11) is 0. The van der Waals surface area contributed by atoms with Gasteiger partial charge in [-0.05, 0) is 99.6 Å². The predicted octanol–water partition coefficient (Wildman–Crippen LogP) is 10.8. The second kappa shape index (κ2) is 10.1. The predicted molar refractivity (Wildman–Crippen MR) is 186 cm³/mol. The summed E-state index contributed by atoms with van der Waals surface area (Å²) in [5.41, 5.74) is 14.0. The first kappa shape index (κ1) is 27.1. The number of hydrogen-bond acceptors (Lipinski definition) is 5. The first-order chi connectivity index (χ1) is 23.0. The minimum Gasteiger partial charge on any atom is -0.436 e. The van der Waals surface area contributed by atoms with Crippen LogP contribution in [0.15, 0.2) is 136 Å². The number of nitrogens with zero attached hydrogens (tertiary/aromatic N) is 3. The molecule has 0 radical (unpaired) electrons. The van der Waals surface area contributed by atoms with Crippen LogP contribution in [0.5, 0.6) is 0 Å². The number of para-hydroxylation sites is 4. The van der Waals surface area contributed by atoms with Crippen molar-refractivity contribution in [1.82, 2.24) is 9.97 Å². The van der Waals surface area contributed by atoms with Gasteiger partial charge in [-0.3, -0.25) is 0 Å². The minimum atomic E-state index is -0.144. The zero-order valence-corrected chi connectivity index (χ0v) is 25.8. The van der Waals surface area contributed by atoms with Gasteiger partial charge in [0.25, 0.3) is 0 Å². The van der Waals surface area contributed by atoms with E-state index in [-0.39, 0.29) is 5.41 Å². The normalized spacial score (nSPS) is 13.0. The Morgan fingerprint density at radius 1 is 0.511 bits per heavy atom. The molecule has 1 aliphatic rings. The highest BCUT2D eigenvalue weighted by molar-refractivity contribution is 5.87. The van der Waals surface area contributed by atoms with Crippen molar-refractivity contribution >= 4 is 22.2 Å². The molecule has 0 fully saturated rings. The summed E-state index contributed by atoms with van der Waals surface area (Å²) in [5.74, 6) is 1.03. The van der Waals surface area contributed by atoms with Crippen LogP contribution in [0.4, 0.5) is 0 Å². The molecular formula is C42H27N3O2. The minimum absolute atomic E-state index is 0.144. The molecule has 0 amide bonds. The first-order valence-electron chi connectivity index (χ1n) is 15.6. The van der Waals surface area contributed by atoms with Crippen molar-refractivity contribution in [3.05, 3.63) is 144 Å². The number of oxazole rings is 2. The fourth-order valence-electron chi connectivity index (χ4n) is 6.96. The molecular weight excluding hydrogens is 578 g/mol. The molecule has 0 spiro atoms. The number of hydrogen-bond donors (Lipinski definition) is 0. The van der Waals surface area contributed by atoms with E-state index in [1.165, 1.54) is 22.3 Å². The van der Waals surface area contributed by atoms with Crippen LogP contribution in [0.1, 0.15) is 30.5 Å². The third-order valence-corrected chi connectivity index (χ3v) is 9.38. The Morgan fingerprint density at radius 3 is 1.74 bits per heavy atom. The maximum absolute atomic E-state index is 10.2. The van der Waals surface area contributed by atoms with E-state index in [4.69, 9.17) is 18.8 Å². The van der Waals surface area contributed by atoms with Crippen LogP contribution in [0, 0.1) is 11.3 Å². The van der Waals surface area contributed by atoms with Crippen LogP contribution in [0.25, 0.3) is 78.5 Å². The number of nitriles is 1. The summed E-state index contributed by atoms with van der Waals surface area (Å²) in [6.45, 7) is 4.54. The highest BCUT2D eigenvalue weighted by Gasteiger charge is 2.35. The molecule has 0 atom stereocenters. The van der Waals surface area contributed by atoms with Crippen molar-refractivity contribution < 1.29 is 8.83 Å². The van der Waals surface area contributed by atoms with E-state index in [1.54, 1.807) is 0 Å². The van der Waals surface area contributed by atoms with E-state index >= 15 is 0 Å². The zero-order chi connectivity index (χ0) is 31.7. The molecule has 0 unspecified atom stereocenters. The largest absolute Gasteiger partial charge is 0.436 e. The topological polar surface area (TPSA) is 75.8 Å². The fraction of sp³-hybridized carbons (Fsp3) is 0.0714. The van der Waals surface area contributed by atoms with E-state index < -0.39 is 0 Å². The van der Waals surface area contributed by atoms with E-state index in [2.05, 4.69) is 80.6 Å². The van der Waals surface area contributed by atoms with Gasteiger partial charge in [-0.1, -0.05) is 80.6 Å². The molecule has 0 saturated heterocycles. The lowest BCUT2D eigenvalue weighted by Crippen LogP contribution is -2.14. The quantitative estimate of drug-likeness (QED) is 0.199. The molecule has 0 saturated carbocycles. The Balaban J connectivity index is 1.21. The molecule has 0 N–H and O–H groups in total. The van der Waals surface area contributed by atoms with E-state index in [0.29, 0.717) is 17.3 Å². The molecule has 1 aliphatic carbocycles. The van der Waals surface area contributed by atoms with E-state index in [1.807, 2.05) is 66.7 Å². The molecule has 5 nitrogen and oxygen atoms in total. The molecule has 8 aromatic rings. The van der Waals surface area contributed by atoms with Gasteiger partial charge in [0.05, 0.1) is 11.6 Å². The van der Waals surface area contributed by atoms with Gasteiger partial charge in [-0.15, -0.1) is 0 Å². The van der Waals surface area contributed by atoms with Crippen LogP contribution in [-0.2, 0) is 5.41 Å². The highest BCUT2D eigenvalue weighted by atomic mass is 16.4. The molecule has 5 heteroatoms. The number of benzene rings is 6.